The van der Waals surface area contributed by atoms with Crippen LogP contribution >= 0.6 is 16.1 Å². The fraction of sp³-hybridized carbons (Fsp3) is 0.250. The van der Waals surface area contributed by atoms with Gasteiger partial charge in [-0.15, -0.1) is 4.89 Å². The number of benzene rings is 1. The van der Waals surface area contributed by atoms with Gasteiger partial charge in [0.2, 0.25) is 0 Å². The lowest BCUT2D eigenvalue weighted by atomic mass is 10.1. The van der Waals surface area contributed by atoms with Gasteiger partial charge >= 0.3 is 16.1 Å². The summed E-state index contributed by atoms with van der Waals surface area (Å²) in [5.41, 5.74) is 0.808. The minimum absolute atomic E-state index is 0.00338. The van der Waals surface area contributed by atoms with Gasteiger partial charge in [-0.2, -0.15) is 0 Å². The van der Waals surface area contributed by atoms with Gasteiger partial charge in [-0.3, -0.25) is 9.79 Å². The SMILES string of the molecule is Cc1cc(OP(=O)(O)O)c(C)cc1O[P+](=O)O. The van der Waals surface area contributed by atoms with Crippen molar-refractivity contribution in [2.75, 3.05) is 0 Å². The van der Waals surface area contributed by atoms with Crippen LogP contribution in [0.4, 0.5) is 0 Å². The number of phosphoric acid groups is 1. The van der Waals surface area contributed by atoms with Gasteiger partial charge in [0.05, 0.1) is 0 Å². The molecule has 0 saturated heterocycles. The highest BCUT2D eigenvalue weighted by atomic mass is 31.2. The Labute approximate surface area is 98.2 Å². The van der Waals surface area contributed by atoms with Crippen LogP contribution in [0, 0.1) is 13.8 Å². The van der Waals surface area contributed by atoms with Crippen molar-refractivity contribution in [2.45, 2.75) is 13.8 Å². The van der Waals surface area contributed by atoms with Crippen molar-refractivity contribution in [3.63, 3.8) is 0 Å². The molecule has 1 aromatic carbocycles. The molecule has 0 aliphatic rings. The monoisotopic (exact) mass is 281 g/mol. The predicted octanol–water partition coefficient (Wildman–Crippen LogP) is 1.80. The van der Waals surface area contributed by atoms with Gasteiger partial charge in [-0.1, -0.05) is 0 Å². The van der Waals surface area contributed by atoms with Crippen molar-refractivity contribution in [1.82, 2.24) is 0 Å². The molecule has 1 unspecified atom stereocenters. The molecule has 1 atom stereocenters. The van der Waals surface area contributed by atoms with Gasteiger partial charge in [0.25, 0.3) is 0 Å². The summed E-state index contributed by atoms with van der Waals surface area (Å²) < 4.78 is 30.3. The Bertz CT molecular complexity index is 493. The molecule has 1 aromatic rings. The van der Waals surface area contributed by atoms with E-state index in [0.29, 0.717) is 11.1 Å². The zero-order chi connectivity index (χ0) is 13.2. The van der Waals surface area contributed by atoms with Crippen LogP contribution in [-0.2, 0) is 9.13 Å². The summed E-state index contributed by atoms with van der Waals surface area (Å²) in [6, 6.07) is 2.69. The Hall–Kier alpha value is -0.970. The van der Waals surface area contributed by atoms with Crippen LogP contribution in [0.1, 0.15) is 11.1 Å². The van der Waals surface area contributed by atoms with Crippen LogP contribution in [0.25, 0.3) is 0 Å². The lowest BCUT2D eigenvalue weighted by Gasteiger charge is -2.10. The molecule has 0 bridgehead atoms. The summed E-state index contributed by atoms with van der Waals surface area (Å²) in [6.07, 6.45) is 0. The summed E-state index contributed by atoms with van der Waals surface area (Å²) in [4.78, 5) is 26.0. The molecule has 0 aliphatic carbocycles. The van der Waals surface area contributed by atoms with Crippen molar-refractivity contribution in [3.05, 3.63) is 23.3 Å². The standard InChI is InChI=1S/C8H10O7P2/c1-5-4-8(15-17(11,12)13)6(2)3-7(5)14-16(9)10/h3-4H,1-2H3,(H2-,9,10,11,12,13)/p+1. The van der Waals surface area contributed by atoms with Crippen LogP contribution in [0.3, 0.4) is 0 Å². The topological polar surface area (TPSA) is 113 Å². The highest BCUT2D eigenvalue weighted by molar-refractivity contribution is 7.46. The van der Waals surface area contributed by atoms with Gasteiger partial charge in [0, 0.05) is 10.1 Å². The Morgan fingerprint density at radius 2 is 1.65 bits per heavy atom. The minimum Gasteiger partial charge on any atom is -0.404 e. The molecule has 3 N–H and O–H groups in total. The maximum atomic E-state index is 10.7. The molecule has 17 heavy (non-hydrogen) atoms. The van der Waals surface area contributed by atoms with E-state index in [1.807, 2.05) is 0 Å². The smallest absolute Gasteiger partial charge is 0.404 e. The lowest BCUT2D eigenvalue weighted by Crippen LogP contribution is -1.95. The van der Waals surface area contributed by atoms with E-state index in [1.54, 1.807) is 6.92 Å². The summed E-state index contributed by atoms with van der Waals surface area (Å²) in [5, 5.41) is 0. The maximum Gasteiger partial charge on any atom is 0.747 e. The molecule has 0 aliphatic heterocycles. The quantitative estimate of drug-likeness (QED) is 0.721. The van der Waals surface area contributed by atoms with E-state index in [1.165, 1.54) is 19.1 Å². The number of hydrogen-bond acceptors (Lipinski definition) is 4. The Balaban J connectivity index is 3.09. The van der Waals surface area contributed by atoms with E-state index in [2.05, 4.69) is 9.05 Å². The molecule has 0 saturated carbocycles. The molecule has 0 spiro atoms. The molecular weight excluding hydrogens is 270 g/mol. The van der Waals surface area contributed by atoms with E-state index >= 15 is 0 Å². The molecule has 0 amide bonds. The van der Waals surface area contributed by atoms with E-state index in [4.69, 9.17) is 14.7 Å². The van der Waals surface area contributed by atoms with Gasteiger partial charge in [0.15, 0.2) is 5.75 Å². The van der Waals surface area contributed by atoms with Crippen molar-refractivity contribution >= 4 is 16.1 Å². The molecule has 0 radical (unpaired) electrons. The molecule has 1 rings (SSSR count). The van der Waals surface area contributed by atoms with Crippen molar-refractivity contribution in [1.29, 1.82) is 0 Å². The van der Waals surface area contributed by atoms with E-state index in [0.717, 1.165) is 0 Å². The molecule has 0 aromatic heterocycles. The average molecular weight is 281 g/mol. The van der Waals surface area contributed by atoms with Crippen LogP contribution in [0.15, 0.2) is 12.1 Å². The van der Waals surface area contributed by atoms with Gasteiger partial charge in [-0.05, 0) is 31.5 Å². The first-order chi connectivity index (χ1) is 7.69. The third-order valence-electron chi connectivity index (χ3n) is 1.87. The maximum absolute atomic E-state index is 10.7. The second-order valence-electron chi connectivity index (χ2n) is 3.29. The van der Waals surface area contributed by atoms with Crippen LogP contribution in [0.2, 0.25) is 0 Å². The third kappa shape index (κ3) is 4.42. The highest BCUT2D eigenvalue weighted by Gasteiger charge is 2.21. The summed E-state index contributed by atoms with van der Waals surface area (Å²) in [5.74, 6) is 0.153. The Morgan fingerprint density at radius 1 is 1.18 bits per heavy atom. The van der Waals surface area contributed by atoms with Crippen LogP contribution < -0.4 is 9.05 Å². The van der Waals surface area contributed by atoms with Crippen LogP contribution in [0.5, 0.6) is 11.5 Å². The fourth-order valence-electron chi connectivity index (χ4n) is 1.17. The zero-order valence-electron chi connectivity index (χ0n) is 9.02. The number of phosphoric ester groups is 1. The molecule has 7 nitrogen and oxygen atoms in total. The normalized spacial score (nSPS) is 12.2. The number of aryl methyl sites for hydroxylation is 2. The number of hydrogen-bond donors (Lipinski definition) is 3. The molecule has 0 heterocycles. The summed E-state index contributed by atoms with van der Waals surface area (Å²) in [7, 11) is -7.41. The predicted molar refractivity (Wildman–Crippen MR) is 59.0 cm³/mol. The largest absolute Gasteiger partial charge is 0.747 e. The third-order valence-corrected chi connectivity index (χ3v) is 2.65. The molecular formula is C8H11O7P2+. The van der Waals surface area contributed by atoms with Gasteiger partial charge in [-0.25, -0.2) is 9.09 Å². The Morgan fingerprint density at radius 3 is 2.12 bits per heavy atom. The second kappa shape index (κ2) is 5.12. The highest BCUT2D eigenvalue weighted by Crippen LogP contribution is 2.41. The zero-order valence-corrected chi connectivity index (χ0v) is 10.8. The van der Waals surface area contributed by atoms with E-state index in [-0.39, 0.29) is 11.5 Å². The first-order valence-electron chi connectivity index (χ1n) is 4.39. The summed E-state index contributed by atoms with van der Waals surface area (Å²) in [6.45, 7) is 3.09. The van der Waals surface area contributed by atoms with Crippen molar-refractivity contribution in [3.8, 4) is 11.5 Å². The molecule has 0 fully saturated rings. The first kappa shape index (κ1) is 14.1. The first-order valence-corrected chi connectivity index (χ1v) is 7.05. The van der Waals surface area contributed by atoms with Crippen LogP contribution in [-0.4, -0.2) is 14.7 Å². The summed E-state index contributed by atoms with van der Waals surface area (Å²) >= 11 is 0. The van der Waals surface area contributed by atoms with Gasteiger partial charge in [0.1, 0.15) is 5.75 Å². The molecule has 94 valence electrons. The lowest BCUT2D eigenvalue weighted by molar-refractivity contribution is 0.282. The molecule has 9 heteroatoms. The minimum atomic E-state index is -4.62. The average Bonchev–Trinajstić information content (AvgIpc) is 2.10. The fourth-order valence-corrected chi connectivity index (χ4v) is 1.99. The van der Waals surface area contributed by atoms with Crippen molar-refractivity contribution in [2.24, 2.45) is 0 Å². The van der Waals surface area contributed by atoms with Crippen molar-refractivity contribution < 1.29 is 32.9 Å². The van der Waals surface area contributed by atoms with E-state index < -0.39 is 16.1 Å². The Kier molecular flexibility index (Phi) is 4.25. The second-order valence-corrected chi connectivity index (χ2v) is 5.12. The number of rotatable bonds is 4. The van der Waals surface area contributed by atoms with E-state index in [9.17, 15) is 9.13 Å². The van der Waals surface area contributed by atoms with Gasteiger partial charge < -0.3 is 4.52 Å².